The summed E-state index contributed by atoms with van der Waals surface area (Å²) in [7, 11) is 0. The zero-order valence-electron chi connectivity index (χ0n) is 16.6. The number of amides is 1. The summed E-state index contributed by atoms with van der Waals surface area (Å²) in [6, 6.07) is 15.3. The van der Waals surface area contributed by atoms with Crippen LogP contribution in [0.2, 0.25) is 0 Å². The fraction of sp³-hybridized carbons (Fsp3) is 0.364. The lowest BCUT2D eigenvalue weighted by Gasteiger charge is -2.17. The summed E-state index contributed by atoms with van der Waals surface area (Å²) in [6.07, 6.45) is -0.657. The molecule has 2 N–H and O–H groups in total. The molecule has 0 aromatic heterocycles. The first-order valence-electron chi connectivity index (χ1n) is 9.44. The highest BCUT2D eigenvalue weighted by atomic mass is 79.9. The highest BCUT2D eigenvalue weighted by molar-refractivity contribution is 9.10. The Hall–Kier alpha value is -2.38. The molecule has 1 atom stereocenters. The molecule has 7 heteroatoms. The van der Waals surface area contributed by atoms with E-state index in [1.807, 2.05) is 48.5 Å². The Bertz CT molecular complexity index is 807. The molecule has 6 nitrogen and oxygen atoms in total. The van der Waals surface area contributed by atoms with E-state index >= 15 is 0 Å². The molecule has 29 heavy (non-hydrogen) atoms. The van der Waals surface area contributed by atoms with E-state index in [9.17, 15) is 14.7 Å². The van der Waals surface area contributed by atoms with Crippen LogP contribution in [0.1, 0.15) is 30.5 Å². The van der Waals surface area contributed by atoms with E-state index in [1.54, 1.807) is 13.8 Å². The number of halogens is 1. The predicted octanol–water partition coefficient (Wildman–Crippen LogP) is 4.34. The number of aliphatic carboxylic acids is 1. The maximum Gasteiger partial charge on any atom is 0.407 e. The minimum Gasteiger partial charge on any atom is -0.479 e. The number of hydrogen-bond acceptors (Lipinski definition) is 4. The van der Waals surface area contributed by atoms with Crippen molar-refractivity contribution >= 4 is 28.0 Å². The maximum atomic E-state index is 11.9. The molecule has 0 fully saturated rings. The molecule has 0 unspecified atom stereocenters. The highest BCUT2D eigenvalue weighted by Gasteiger charge is 2.20. The number of carboxylic acid groups (broad SMARTS) is 1. The molecule has 0 saturated heterocycles. The van der Waals surface area contributed by atoms with Crippen molar-refractivity contribution in [3.05, 3.63) is 69.7 Å². The van der Waals surface area contributed by atoms with Gasteiger partial charge >= 0.3 is 12.1 Å². The van der Waals surface area contributed by atoms with Gasteiger partial charge in [0, 0.05) is 23.9 Å². The summed E-state index contributed by atoms with van der Waals surface area (Å²) in [5.74, 6) is -0.989. The van der Waals surface area contributed by atoms with E-state index in [-0.39, 0.29) is 12.5 Å². The predicted molar refractivity (Wildman–Crippen MR) is 114 cm³/mol. The molecular formula is C22H26BrNO5. The van der Waals surface area contributed by atoms with Gasteiger partial charge in [-0.25, -0.2) is 9.59 Å². The maximum absolute atomic E-state index is 11.9. The van der Waals surface area contributed by atoms with Gasteiger partial charge in [0.1, 0.15) is 0 Å². The second-order valence-corrected chi connectivity index (χ2v) is 7.82. The summed E-state index contributed by atoms with van der Waals surface area (Å²) in [4.78, 5) is 23.3. The lowest BCUT2D eigenvalue weighted by molar-refractivity contribution is -0.153. The standard InChI is InChI=1S/C22H26BrNO5/c1-15(2)29-20(21(25)26)13-17-4-3-5-18(12-17)14-24-22(27)28-11-10-16-6-8-19(23)9-7-16/h3-9,12,15,20H,10-11,13-14H2,1-2H3,(H,24,27)(H,25,26)/t20-/m0/s1. The Balaban J connectivity index is 1.79. The van der Waals surface area contributed by atoms with E-state index in [1.165, 1.54) is 0 Å². The van der Waals surface area contributed by atoms with Crippen LogP contribution in [0.25, 0.3) is 0 Å². The number of carbonyl (C=O) groups is 2. The van der Waals surface area contributed by atoms with Crippen molar-refractivity contribution < 1.29 is 24.2 Å². The molecule has 0 radical (unpaired) electrons. The Morgan fingerprint density at radius 1 is 1.07 bits per heavy atom. The molecule has 2 rings (SSSR count). The SMILES string of the molecule is CC(C)O[C@@H](Cc1cccc(CNC(=O)OCCc2ccc(Br)cc2)c1)C(=O)O. The number of carboxylic acids is 1. The molecular weight excluding hydrogens is 438 g/mol. The Morgan fingerprint density at radius 3 is 2.41 bits per heavy atom. The lowest BCUT2D eigenvalue weighted by atomic mass is 10.0. The lowest BCUT2D eigenvalue weighted by Crippen LogP contribution is -2.29. The third-order valence-corrected chi connectivity index (χ3v) is 4.63. The van der Waals surface area contributed by atoms with Crippen molar-refractivity contribution in [1.82, 2.24) is 5.32 Å². The van der Waals surface area contributed by atoms with Gasteiger partial charge in [-0.15, -0.1) is 0 Å². The smallest absolute Gasteiger partial charge is 0.407 e. The quantitative estimate of drug-likeness (QED) is 0.547. The molecule has 0 spiro atoms. The zero-order chi connectivity index (χ0) is 21.2. The number of carbonyl (C=O) groups excluding carboxylic acids is 1. The molecule has 0 aliphatic heterocycles. The normalized spacial score (nSPS) is 11.9. The average Bonchev–Trinajstić information content (AvgIpc) is 2.67. The van der Waals surface area contributed by atoms with Gasteiger partial charge in [-0.2, -0.15) is 0 Å². The number of ether oxygens (including phenoxy) is 2. The summed E-state index contributed by atoms with van der Waals surface area (Å²) in [5, 5.41) is 12.0. The van der Waals surface area contributed by atoms with Gasteiger partial charge in [-0.05, 0) is 42.7 Å². The van der Waals surface area contributed by atoms with E-state index in [0.29, 0.717) is 19.6 Å². The van der Waals surface area contributed by atoms with Crippen molar-refractivity contribution in [1.29, 1.82) is 0 Å². The van der Waals surface area contributed by atoms with Gasteiger partial charge in [0.2, 0.25) is 0 Å². The molecule has 0 saturated carbocycles. The number of benzene rings is 2. The minimum atomic E-state index is -0.989. The summed E-state index contributed by atoms with van der Waals surface area (Å²) >= 11 is 3.38. The van der Waals surface area contributed by atoms with Crippen molar-refractivity contribution in [2.75, 3.05) is 6.61 Å². The van der Waals surface area contributed by atoms with Crippen LogP contribution in [0.5, 0.6) is 0 Å². The van der Waals surface area contributed by atoms with E-state index in [2.05, 4.69) is 21.2 Å². The number of alkyl carbamates (subject to hydrolysis) is 1. The van der Waals surface area contributed by atoms with Crippen molar-refractivity contribution in [3.8, 4) is 0 Å². The van der Waals surface area contributed by atoms with Crippen LogP contribution in [0.4, 0.5) is 4.79 Å². The third kappa shape index (κ3) is 8.66. The van der Waals surface area contributed by atoms with E-state index < -0.39 is 18.2 Å². The summed E-state index contributed by atoms with van der Waals surface area (Å²) in [5.41, 5.74) is 2.78. The van der Waals surface area contributed by atoms with Crippen molar-refractivity contribution in [2.45, 2.75) is 45.4 Å². The summed E-state index contributed by atoms with van der Waals surface area (Å²) < 4.78 is 11.7. The number of rotatable bonds is 10. The van der Waals surface area contributed by atoms with Crippen LogP contribution in [0, 0.1) is 0 Å². The van der Waals surface area contributed by atoms with Crippen LogP contribution in [0.3, 0.4) is 0 Å². The molecule has 1 amide bonds. The fourth-order valence-electron chi connectivity index (χ4n) is 2.74. The van der Waals surface area contributed by atoms with Crippen molar-refractivity contribution in [3.63, 3.8) is 0 Å². The summed E-state index contributed by atoms with van der Waals surface area (Å²) in [6.45, 7) is 4.20. The van der Waals surface area contributed by atoms with E-state index in [0.717, 1.165) is 21.2 Å². The van der Waals surface area contributed by atoms with Crippen LogP contribution in [0.15, 0.2) is 53.0 Å². The van der Waals surface area contributed by atoms with Gasteiger partial charge in [0.15, 0.2) is 6.10 Å². The first-order chi connectivity index (χ1) is 13.8. The molecule has 0 aliphatic rings. The Morgan fingerprint density at radius 2 is 1.76 bits per heavy atom. The first-order valence-corrected chi connectivity index (χ1v) is 10.2. The van der Waals surface area contributed by atoms with Crippen LogP contribution < -0.4 is 5.32 Å². The third-order valence-electron chi connectivity index (χ3n) is 4.10. The molecule has 0 bridgehead atoms. The topological polar surface area (TPSA) is 84.9 Å². The van der Waals surface area contributed by atoms with Crippen LogP contribution in [-0.4, -0.2) is 36.0 Å². The molecule has 0 heterocycles. The van der Waals surface area contributed by atoms with Gasteiger partial charge in [0.05, 0.1) is 12.7 Å². The van der Waals surface area contributed by atoms with E-state index in [4.69, 9.17) is 9.47 Å². The van der Waals surface area contributed by atoms with Gasteiger partial charge < -0.3 is 19.9 Å². The highest BCUT2D eigenvalue weighted by Crippen LogP contribution is 2.12. The Kier molecular flexibility index (Phi) is 9.15. The second kappa shape index (κ2) is 11.6. The largest absolute Gasteiger partial charge is 0.479 e. The fourth-order valence-corrected chi connectivity index (χ4v) is 3.01. The monoisotopic (exact) mass is 463 g/mol. The Labute approximate surface area is 179 Å². The first kappa shape index (κ1) is 22.9. The minimum absolute atomic E-state index is 0.173. The van der Waals surface area contributed by atoms with Gasteiger partial charge in [-0.1, -0.05) is 52.3 Å². The number of nitrogens with one attached hydrogen (secondary N) is 1. The van der Waals surface area contributed by atoms with Crippen LogP contribution in [-0.2, 0) is 33.7 Å². The molecule has 2 aromatic rings. The van der Waals surface area contributed by atoms with Crippen molar-refractivity contribution in [2.24, 2.45) is 0 Å². The average molecular weight is 464 g/mol. The van der Waals surface area contributed by atoms with Gasteiger partial charge in [0.25, 0.3) is 0 Å². The number of hydrogen-bond donors (Lipinski definition) is 2. The van der Waals surface area contributed by atoms with Crippen LogP contribution >= 0.6 is 15.9 Å². The molecule has 156 valence electrons. The molecule has 2 aromatic carbocycles. The second-order valence-electron chi connectivity index (χ2n) is 6.90. The van der Waals surface area contributed by atoms with Gasteiger partial charge in [-0.3, -0.25) is 0 Å². The molecule has 0 aliphatic carbocycles. The zero-order valence-corrected chi connectivity index (χ0v) is 18.1.